The van der Waals surface area contributed by atoms with Gasteiger partial charge in [-0.15, -0.1) is 11.6 Å². The van der Waals surface area contributed by atoms with E-state index in [9.17, 15) is 8.78 Å². The molecule has 0 amide bonds. The zero-order valence-corrected chi connectivity index (χ0v) is 13.7. The maximum Gasteiger partial charge on any atom is 0.144 e. The van der Waals surface area contributed by atoms with E-state index in [1.165, 1.54) is 12.1 Å². The molecular weight excluding hydrogens is 360 g/mol. The number of halogens is 4. The zero-order chi connectivity index (χ0) is 15.2. The van der Waals surface area contributed by atoms with Crippen molar-refractivity contribution >= 4 is 27.5 Å². The van der Waals surface area contributed by atoms with E-state index in [2.05, 4.69) is 15.9 Å². The molecule has 0 heterocycles. The SMILES string of the molecule is Fc1ccc(Br)c(F)c1CN(CCCl)Cc1ccccc1. The number of alkyl halides is 1. The minimum Gasteiger partial charge on any atom is -0.293 e. The van der Waals surface area contributed by atoms with Gasteiger partial charge in [0.05, 0.1) is 4.47 Å². The average molecular weight is 375 g/mol. The molecule has 0 N–H and O–H groups in total. The Morgan fingerprint density at radius 3 is 2.38 bits per heavy atom. The van der Waals surface area contributed by atoms with Gasteiger partial charge >= 0.3 is 0 Å². The lowest BCUT2D eigenvalue weighted by Crippen LogP contribution is -2.26. The first-order valence-corrected chi connectivity index (χ1v) is 7.89. The summed E-state index contributed by atoms with van der Waals surface area (Å²) in [4.78, 5) is 1.93. The third-order valence-electron chi connectivity index (χ3n) is 3.17. The molecule has 0 aromatic heterocycles. The second kappa shape index (κ2) is 7.87. The van der Waals surface area contributed by atoms with Gasteiger partial charge in [-0.3, -0.25) is 4.90 Å². The van der Waals surface area contributed by atoms with Crippen LogP contribution in [0.15, 0.2) is 46.9 Å². The maximum atomic E-state index is 14.1. The molecule has 0 saturated carbocycles. The Balaban J connectivity index is 2.19. The lowest BCUT2D eigenvalue weighted by molar-refractivity contribution is 0.264. The third kappa shape index (κ3) is 4.50. The highest BCUT2D eigenvalue weighted by molar-refractivity contribution is 9.10. The van der Waals surface area contributed by atoms with Crippen LogP contribution in [-0.4, -0.2) is 17.3 Å². The predicted molar refractivity (Wildman–Crippen MR) is 85.3 cm³/mol. The van der Waals surface area contributed by atoms with Gasteiger partial charge in [0.25, 0.3) is 0 Å². The van der Waals surface area contributed by atoms with Crippen LogP contribution in [-0.2, 0) is 13.1 Å². The number of rotatable bonds is 6. The number of benzene rings is 2. The molecule has 0 saturated heterocycles. The van der Waals surface area contributed by atoms with E-state index in [0.717, 1.165) is 5.56 Å². The second-order valence-corrected chi connectivity index (χ2v) is 5.94. The summed E-state index contributed by atoms with van der Waals surface area (Å²) in [5.74, 6) is -0.685. The molecule has 0 spiro atoms. The van der Waals surface area contributed by atoms with Crippen molar-refractivity contribution in [3.05, 3.63) is 69.7 Å². The van der Waals surface area contributed by atoms with E-state index in [-0.39, 0.29) is 16.6 Å². The summed E-state index contributed by atoms with van der Waals surface area (Å²) in [6.45, 7) is 1.33. The van der Waals surface area contributed by atoms with Crippen LogP contribution in [0.3, 0.4) is 0 Å². The topological polar surface area (TPSA) is 3.24 Å². The molecule has 0 unspecified atom stereocenters. The minimum absolute atomic E-state index is 0.0606. The standard InChI is InChI=1S/C16H15BrClF2N/c17-14-6-7-15(19)13(16(14)20)11-21(9-8-18)10-12-4-2-1-3-5-12/h1-7H,8-11H2. The molecule has 1 nitrogen and oxygen atoms in total. The maximum absolute atomic E-state index is 14.1. The lowest BCUT2D eigenvalue weighted by atomic mass is 10.1. The van der Waals surface area contributed by atoms with E-state index in [0.29, 0.717) is 19.0 Å². The van der Waals surface area contributed by atoms with Crippen molar-refractivity contribution in [1.29, 1.82) is 0 Å². The van der Waals surface area contributed by atoms with Crippen LogP contribution in [0.5, 0.6) is 0 Å². The van der Waals surface area contributed by atoms with Crippen LogP contribution in [0.25, 0.3) is 0 Å². The smallest absolute Gasteiger partial charge is 0.144 e. The molecule has 2 aromatic rings. The number of nitrogens with zero attached hydrogens (tertiary/aromatic N) is 1. The summed E-state index contributed by atoms with van der Waals surface area (Å²) in [5, 5.41) is 0. The monoisotopic (exact) mass is 373 g/mol. The van der Waals surface area contributed by atoms with Crippen LogP contribution < -0.4 is 0 Å². The first-order chi connectivity index (χ1) is 10.1. The van der Waals surface area contributed by atoms with Crippen LogP contribution in [0.4, 0.5) is 8.78 Å². The van der Waals surface area contributed by atoms with Crippen molar-refractivity contribution in [3.63, 3.8) is 0 Å². The molecule has 0 radical (unpaired) electrons. The quantitative estimate of drug-likeness (QED) is 0.510. The second-order valence-electron chi connectivity index (χ2n) is 4.71. The van der Waals surface area contributed by atoms with Crippen molar-refractivity contribution in [1.82, 2.24) is 4.90 Å². The molecule has 5 heteroatoms. The summed E-state index contributed by atoms with van der Waals surface area (Å²) in [5.41, 5.74) is 1.14. The highest BCUT2D eigenvalue weighted by Gasteiger charge is 2.16. The molecule has 112 valence electrons. The van der Waals surface area contributed by atoms with E-state index in [1.54, 1.807) is 0 Å². The molecule has 0 aliphatic heterocycles. The molecular formula is C16H15BrClF2N. The fraction of sp³-hybridized carbons (Fsp3) is 0.250. The Labute approximate surface area is 136 Å². The fourth-order valence-corrected chi connectivity index (χ4v) is 2.72. The van der Waals surface area contributed by atoms with Gasteiger partial charge in [0.15, 0.2) is 0 Å². The molecule has 0 aliphatic carbocycles. The van der Waals surface area contributed by atoms with Gasteiger partial charge in [-0.2, -0.15) is 0 Å². The summed E-state index contributed by atoms with van der Waals surface area (Å²) < 4.78 is 28.2. The van der Waals surface area contributed by atoms with Crippen LogP contribution >= 0.6 is 27.5 Å². The molecule has 0 atom stereocenters. The van der Waals surface area contributed by atoms with Crippen molar-refractivity contribution in [3.8, 4) is 0 Å². The van der Waals surface area contributed by atoms with Crippen molar-refractivity contribution in [2.24, 2.45) is 0 Å². The summed E-state index contributed by atoms with van der Waals surface area (Å²) in [6, 6.07) is 12.4. The van der Waals surface area contributed by atoms with Gasteiger partial charge in [-0.25, -0.2) is 8.78 Å². The van der Waals surface area contributed by atoms with Crippen LogP contribution in [0, 0.1) is 11.6 Å². The Bertz CT molecular complexity index is 592. The van der Waals surface area contributed by atoms with E-state index < -0.39 is 11.6 Å². The Morgan fingerprint density at radius 1 is 1.00 bits per heavy atom. The first kappa shape index (κ1) is 16.4. The highest BCUT2D eigenvalue weighted by atomic mass is 79.9. The van der Waals surface area contributed by atoms with Crippen LogP contribution in [0.1, 0.15) is 11.1 Å². The molecule has 0 aliphatic rings. The predicted octanol–water partition coefficient (Wildman–Crippen LogP) is 4.97. The molecule has 21 heavy (non-hydrogen) atoms. The van der Waals surface area contributed by atoms with Crippen LogP contribution in [0.2, 0.25) is 0 Å². The van der Waals surface area contributed by atoms with E-state index in [4.69, 9.17) is 11.6 Å². The lowest BCUT2D eigenvalue weighted by Gasteiger charge is -2.22. The molecule has 2 rings (SSSR count). The molecule has 2 aromatic carbocycles. The van der Waals surface area contributed by atoms with Gasteiger partial charge in [-0.1, -0.05) is 30.3 Å². The normalized spacial score (nSPS) is 11.1. The summed E-state index contributed by atoms with van der Waals surface area (Å²) in [6.07, 6.45) is 0. The highest BCUT2D eigenvalue weighted by Crippen LogP contribution is 2.23. The van der Waals surface area contributed by atoms with Crippen molar-refractivity contribution < 1.29 is 8.78 Å². The van der Waals surface area contributed by atoms with Gasteiger partial charge in [0.1, 0.15) is 11.6 Å². The van der Waals surface area contributed by atoms with Crippen molar-refractivity contribution in [2.45, 2.75) is 13.1 Å². The Kier molecular flexibility index (Phi) is 6.15. The average Bonchev–Trinajstić information content (AvgIpc) is 2.49. The van der Waals surface area contributed by atoms with E-state index in [1.807, 2.05) is 35.2 Å². The number of hydrogen-bond donors (Lipinski definition) is 0. The van der Waals surface area contributed by atoms with Gasteiger partial charge in [-0.05, 0) is 33.6 Å². The fourth-order valence-electron chi connectivity index (χ4n) is 2.11. The Morgan fingerprint density at radius 2 is 1.71 bits per heavy atom. The van der Waals surface area contributed by atoms with Gasteiger partial charge in [0.2, 0.25) is 0 Å². The van der Waals surface area contributed by atoms with Gasteiger partial charge < -0.3 is 0 Å². The zero-order valence-electron chi connectivity index (χ0n) is 11.3. The van der Waals surface area contributed by atoms with Crippen molar-refractivity contribution in [2.75, 3.05) is 12.4 Å². The first-order valence-electron chi connectivity index (χ1n) is 6.56. The largest absolute Gasteiger partial charge is 0.293 e. The van der Waals surface area contributed by atoms with Gasteiger partial charge in [0, 0.05) is 31.1 Å². The summed E-state index contributed by atoms with van der Waals surface area (Å²) in [7, 11) is 0. The summed E-state index contributed by atoms with van der Waals surface area (Å²) >= 11 is 8.89. The number of hydrogen-bond acceptors (Lipinski definition) is 1. The molecule has 0 fully saturated rings. The third-order valence-corrected chi connectivity index (χ3v) is 3.95. The minimum atomic E-state index is -0.553. The van der Waals surface area contributed by atoms with E-state index >= 15 is 0 Å². The Hall–Kier alpha value is -0.970. The molecule has 0 bridgehead atoms.